The van der Waals surface area contributed by atoms with Crippen LogP contribution in [0.4, 0.5) is 5.69 Å². The molecular weight excluding hydrogens is 274 g/mol. The predicted molar refractivity (Wildman–Crippen MR) is 91.0 cm³/mol. The van der Waals surface area contributed by atoms with Crippen molar-refractivity contribution in [3.63, 3.8) is 0 Å². The highest BCUT2D eigenvalue weighted by atomic mass is 16.5. The van der Waals surface area contributed by atoms with Crippen molar-refractivity contribution in [2.45, 2.75) is 26.4 Å². The molecule has 0 aliphatic heterocycles. The molecule has 0 amide bonds. The molecule has 0 N–H and O–H groups in total. The molecular formula is C19H23NO2. The van der Waals surface area contributed by atoms with E-state index in [0.29, 0.717) is 11.1 Å². The summed E-state index contributed by atoms with van der Waals surface area (Å²) in [6.07, 6.45) is 0. The minimum atomic E-state index is -0.243. The van der Waals surface area contributed by atoms with Gasteiger partial charge in [-0.3, -0.25) is 4.79 Å². The molecule has 0 aliphatic carbocycles. The first-order valence-electron chi connectivity index (χ1n) is 7.37. The molecule has 2 aromatic carbocycles. The third kappa shape index (κ3) is 4.10. The molecule has 3 heteroatoms. The van der Waals surface area contributed by atoms with Crippen molar-refractivity contribution < 1.29 is 9.53 Å². The standard InChI is InChI=1S/C19H23NO2/c1-19(2,3)22-17-12-8-15(9-13-17)18(21)14-6-10-16(11-7-14)20(4)5/h6-13H,1-5H3. The first-order valence-corrected chi connectivity index (χ1v) is 7.37. The van der Waals surface area contributed by atoms with E-state index >= 15 is 0 Å². The third-order valence-corrected chi connectivity index (χ3v) is 3.19. The van der Waals surface area contributed by atoms with Gasteiger partial charge in [0.15, 0.2) is 5.78 Å². The Morgan fingerprint density at radius 1 is 0.864 bits per heavy atom. The summed E-state index contributed by atoms with van der Waals surface area (Å²) < 4.78 is 5.77. The fourth-order valence-corrected chi connectivity index (χ4v) is 2.11. The van der Waals surface area contributed by atoms with Crippen molar-refractivity contribution >= 4 is 11.5 Å². The van der Waals surface area contributed by atoms with Gasteiger partial charge in [-0.1, -0.05) is 0 Å². The Bertz CT molecular complexity index is 635. The molecule has 0 bridgehead atoms. The van der Waals surface area contributed by atoms with Gasteiger partial charge in [-0.2, -0.15) is 0 Å². The van der Waals surface area contributed by atoms with E-state index in [0.717, 1.165) is 11.4 Å². The average Bonchev–Trinajstić information content (AvgIpc) is 2.46. The minimum absolute atomic E-state index is 0.0209. The largest absolute Gasteiger partial charge is 0.488 e. The van der Waals surface area contributed by atoms with Crippen molar-refractivity contribution in [3.8, 4) is 5.75 Å². The van der Waals surface area contributed by atoms with E-state index in [1.807, 2.05) is 88.3 Å². The number of benzene rings is 2. The highest BCUT2D eigenvalue weighted by molar-refractivity contribution is 6.09. The molecule has 0 fully saturated rings. The van der Waals surface area contributed by atoms with Gasteiger partial charge >= 0.3 is 0 Å². The van der Waals surface area contributed by atoms with Gasteiger partial charge < -0.3 is 9.64 Å². The van der Waals surface area contributed by atoms with Gasteiger partial charge in [0.1, 0.15) is 11.4 Å². The molecule has 0 radical (unpaired) electrons. The molecule has 116 valence electrons. The normalized spacial score (nSPS) is 11.1. The number of nitrogens with zero attached hydrogens (tertiary/aromatic N) is 1. The summed E-state index contributed by atoms with van der Waals surface area (Å²) in [5.41, 5.74) is 2.19. The van der Waals surface area contributed by atoms with E-state index < -0.39 is 0 Å². The van der Waals surface area contributed by atoms with Gasteiger partial charge in [-0.05, 0) is 69.3 Å². The average molecular weight is 297 g/mol. The lowest BCUT2D eigenvalue weighted by Crippen LogP contribution is -2.22. The van der Waals surface area contributed by atoms with Gasteiger partial charge in [-0.15, -0.1) is 0 Å². The zero-order valence-electron chi connectivity index (χ0n) is 13.9. The predicted octanol–water partition coefficient (Wildman–Crippen LogP) is 4.16. The first kappa shape index (κ1) is 16.1. The van der Waals surface area contributed by atoms with Crippen LogP contribution in [0, 0.1) is 0 Å². The van der Waals surface area contributed by atoms with E-state index in [2.05, 4.69) is 0 Å². The van der Waals surface area contributed by atoms with Gasteiger partial charge in [0, 0.05) is 30.9 Å². The highest BCUT2D eigenvalue weighted by Gasteiger charge is 2.13. The summed E-state index contributed by atoms with van der Waals surface area (Å²) in [6, 6.07) is 14.9. The number of ketones is 1. The van der Waals surface area contributed by atoms with E-state index in [-0.39, 0.29) is 11.4 Å². The maximum Gasteiger partial charge on any atom is 0.193 e. The molecule has 2 rings (SSSR count). The van der Waals surface area contributed by atoms with E-state index in [9.17, 15) is 4.79 Å². The number of rotatable bonds is 4. The number of hydrogen-bond acceptors (Lipinski definition) is 3. The summed E-state index contributed by atoms with van der Waals surface area (Å²) in [6.45, 7) is 6.00. The van der Waals surface area contributed by atoms with Gasteiger partial charge in [-0.25, -0.2) is 0 Å². The zero-order chi connectivity index (χ0) is 16.3. The molecule has 0 spiro atoms. The number of ether oxygens (including phenoxy) is 1. The van der Waals surface area contributed by atoms with E-state index in [4.69, 9.17) is 4.74 Å². The summed E-state index contributed by atoms with van der Waals surface area (Å²) in [5, 5.41) is 0. The van der Waals surface area contributed by atoms with E-state index in [1.165, 1.54) is 0 Å². The molecule has 0 atom stereocenters. The molecule has 0 saturated heterocycles. The Balaban J connectivity index is 2.15. The van der Waals surface area contributed by atoms with Crippen LogP contribution in [0.3, 0.4) is 0 Å². The lowest BCUT2D eigenvalue weighted by Gasteiger charge is -2.21. The molecule has 0 heterocycles. The van der Waals surface area contributed by atoms with Crippen molar-refractivity contribution in [1.82, 2.24) is 0 Å². The molecule has 2 aromatic rings. The molecule has 22 heavy (non-hydrogen) atoms. The van der Waals surface area contributed by atoms with Gasteiger partial charge in [0.25, 0.3) is 0 Å². The summed E-state index contributed by atoms with van der Waals surface area (Å²) in [5.74, 6) is 0.791. The maximum absolute atomic E-state index is 12.5. The lowest BCUT2D eigenvalue weighted by atomic mass is 10.0. The number of hydrogen-bond donors (Lipinski definition) is 0. The van der Waals surface area contributed by atoms with Crippen LogP contribution in [0.1, 0.15) is 36.7 Å². The Morgan fingerprint density at radius 3 is 1.73 bits per heavy atom. The van der Waals surface area contributed by atoms with Crippen molar-refractivity contribution in [1.29, 1.82) is 0 Å². The fourth-order valence-electron chi connectivity index (χ4n) is 2.11. The SMILES string of the molecule is CN(C)c1ccc(C(=O)c2ccc(OC(C)(C)C)cc2)cc1. The zero-order valence-corrected chi connectivity index (χ0v) is 13.9. The second kappa shape index (κ2) is 6.22. The van der Waals surface area contributed by atoms with Crippen LogP contribution in [-0.4, -0.2) is 25.5 Å². The molecule has 0 saturated carbocycles. The second-order valence-corrected chi connectivity index (χ2v) is 6.51. The van der Waals surface area contributed by atoms with Crippen LogP contribution in [0.5, 0.6) is 5.75 Å². The first-order chi connectivity index (χ1) is 10.3. The highest BCUT2D eigenvalue weighted by Crippen LogP contribution is 2.20. The molecule has 0 aliphatic rings. The Labute approximate surface area is 132 Å². The number of carbonyl (C=O) groups is 1. The summed E-state index contributed by atoms with van der Waals surface area (Å²) >= 11 is 0. The summed E-state index contributed by atoms with van der Waals surface area (Å²) in [7, 11) is 3.95. The van der Waals surface area contributed by atoms with Crippen LogP contribution in [0.25, 0.3) is 0 Å². The topological polar surface area (TPSA) is 29.5 Å². The monoisotopic (exact) mass is 297 g/mol. The van der Waals surface area contributed by atoms with Crippen molar-refractivity contribution in [2.24, 2.45) is 0 Å². The van der Waals surface area contributed by atoms with Crippen LogP contribution in [0.2, 0.25) is 0 Å². The van der Waals surface area contributed by atoms with Crippen molar-refractivity contribution in [2.75, 3.05) is 19.0 Å². The van der Waals surface area contributed by atoms with Gasteiger partial charge in [0.2, 0.25) is 0 Å². The smallest absolute Gasteiger partial charge is 0.193 e. The lowest BCUT2D eigenvalue weighted by molar-refractivity contribution is 0.103. The molecule has 3 nitrogen and oxygen atoms in total. The minimum Gasteiger partial charge on any atom is -0.488 e. The second-order valence-electron chi connectivity index (χ2n) is 6.51. The number of carbonyl (C=O) groups excluding carboxylic acids is 1. The Morgan fingerprint density at radius 2 is 1.32 bits per heavy atom. The summed E-state index contributed by atoms with van der Waals surface area (Å²) in [4.78, 5) is 14.5. The third-order valence-electron chi connectivity index (χ3n) is 3.19. The molecule has 0 unspecified atom stereocenters. The van der Waals surface area contributed by atoms with Crippen LogP contribution >= 0.6 is 0 Å². The maximum atomic E-state index is 12.5. The van der Waals surface area contributed by atoms with Crippen LogP contribution < -0.4 is 9.64 Å². The number of anilines is 1. The Kier molecular flexibility index (Phi) is 4.55. The quantitative estimate of drug-likeness (QED) is 0.794. The van der Waals surface area contributed by atoms with Gasteiger partial charge in [0.05, 0.1) is 0 Å². The Hall–Kier alpha value is -2.29. The van der Waals surface area contributed by atoms with E-state index in [1.54, 1.807) is 0 Å². The van der Waals surface area contributed by atoms with Crippen molar-refractivity contribution in [3.05, 3.63) is 59.7 Å². The molecule has 0 aromatic heterocycles. The van der Waals surface area contributed by atoms with Crippen LogP contribution in [-0.2, 0) is 0 Å². The van der Waals surface area contributed by atoms with Crippen LogP contribution in [0.15, 0.2) is 48.5 Å². The fraction of sp³-hybridized carbons (Fsp3) is 0.316.